The second kappa shape index (κ2) is 7.73. The van der Waals surface area contributed by atoms with Gasteiger partial charge < -0.3 is 9.84 Å². The van der Waals surface area contributed by atoms with Crippen LogP contribution in [0.5, 0.6) is 0 Å². The van der Waals surface area contributed by atoms with Gasteiger partial charge in [0.2, 0.25) is 0 Å². The van der Waals surface area contributed by atoms with Gasteiger partial charge in [-0.3, -0.25) is 4.79 Å². The highest BCUT2D eigenvalue weighted by atomic mass is 32.1. The first-order valence-electron chi connectivity index (χ1n) is 8.80. The van der Waals surface area contributed by atoms with E-state index in [-0.39, 0.29) is 5.91 Å². The van der Waals surface area contributed by atoms with Crippen LogP contribution in [0.15, 0.2) is 46.6 Å². The summed E-state index contributed by atoms with van der Waals surface area (Å²) in [7, 11) is 0. The standard InChI is InChI=1S/C19H18N6O2S/c1-3-16-23-19(27-24-16)13-6-7-20-17(9-13)25-12(2)15(11-22-25)18(26)21-10-14-5-4-8-28-14/h4-9,11H,3,10H2,1-2H3,(H,21,26). The summed E-state index contributed by atoms with van der Waals surface area (Å²) in [6.07, 6.45) is 3.90. The van der Waals surface area contributed by atoms with Crippen LogP contribution < -0.4 is 5.32 Å². The molecule has 0 unspecified atom stereocenters. The Kier molecular flexibility index (Phi) is 4.98. The Morgan fingerprint density at radius 1 is 1.36 bits per heavy atom. The van der Waals surface area contributed by atoms with Crippen molar-refractivity contribution < 1.29 is 9.32 Å². The molecule has 9 heteroatoms. The van der Waals surface area contributed by atoms with E-state index in [2.05, 4.69) is 25.5 Å². The highest BCUT2D eigenvalue weighted by molar-refractivity contribution is 7.09. The van der Waals surface area contributed by atoms with Crippen LogP contribution in [0.3, 0.4) is 0 Å². The lowest BCUT2D eigenvalue weighted by molar-refractivity contribution is 0.0950. The smallest absolute Gasteiger partial charge is 0.258 e. The molecule has 4 aromatic heterocycles. The second-order valence-electron chi connectivity index (χ2n) is 6.09. The molecule has 0 aliphatic carbocycles. The zero-order valence-corrected chi connectivity index (χ0v) is 16.2. The van der Waals surface area contributed by atoms with Gasteiger partial charge in [-0.25, -0.2) is 9.67 Å². The van der Waals surface area contributed by atoms with Gasteiger partial charge >= 0.3 is 0 Å². The topological polar surface area (TPSA) is 98.7 Å². The van der Waals surface area contributed by atoms with Gasteiger partial charge in [-0.15, -0.1) is 11.3 Å². The molecule has 0 atom stereocenters. The second-order valence-corrected chi connectivity index (χ2v) is 7.12. The van der Waals surface area contributed by atoms with Crippen LogP contribution in [0.4, 0.5) is 0 Å². The molecule has 0 fully saturated rings. The number of aryl methyl sites for hydroxylation is 1. The highest BCUT2D eigenvalue weighted by Crippen LogP contribution is 2.20. The van der Waals surface area contributed by atoms with Gasteiger partial charge in [-0.2, -0.15) is 10.1 Å². The summed E-state index contributed by atoms with van der Waals surface area (Å²) >= 11 is 1.60. The predicted octanol–water partition coefficient (Wildman–Crippen LogP) is 3.18. The Morgan fingerprint density at radius 3 is 3.00 bits per heavy atom. The number of rotatable bonds is 6. The quantitative estimate of drug-likeness (QED) is 0.539. The molecule has 0 saturated heterocycles. The number of aromatic nitrogens is 5. The van der Waals surface area contributed by atoms with Crippen molar-refractivity contribution in [2.45, 2.75) is 26.8 Å². The zero-order valence-electron chi connectivity index (χ0n) is 15.4. The van der Waals surface area contributed by atoms with E-state index in [0.717, 1.165) is 10.4 Å². The molecule has 0 aliphatic rings. The molecule has 1 amide bonds. The van der Waals surface area contributed by atoms with Crippen LogP contribution in [0.2, 0.25) is 0 Å². The lowest BCUT2D eigenvalue weighted by Gasteiger charge is -2.06. The van der Waals surface area contributed by atoms with E-state index in [0.29, 0.717) is 41.8 Å². The number of nitrogens with zero attached hydrogens (tertiary/aromatic N) is 5. The van der Waals surface area contributed by atoms with Crippen molar-refractivity contribution in [3.8, 4) is 17.3 Å². The Morgan fingerprint density at radius 2 is 2.25 bits per heavy atom. The summed E-state index contributed by atoms with van der Waals surface area (Å²) in [6.45, 7) is 4.29. The normalized spacial score (nSPS) is 10.9. The third-order valence-electron chi connectivity index (χ3n) is 4.25. The van der Waals surface area contributed by atoms with Gasteiger partial charge in [0.1, 0.15) is 0 Å². The van der Waals surface area contributed by atoms with Gasteiger partial charge in [-0.1, -0.05) is 18.1 Å². The summed E-state index contributed by atoms with van der Waals surface area (Å²) in [5.74, 6) is 1.48. The molecule has 8 nitrogen and oxygen atoms in total. The Hall–Kier alpha value is -3.33. The molecule has 0 bridgehead atoms. The fourth-order valence-electron chi connectivity index (χ4n) is 2.72. The number of carbonyl (C=O) groups excluding carboxylic acids is 1. The number of carbonyl (C=O) groups is 1. The molecule has 0 spiro atoms. The highest BCUT2D eigenvalue weighted by Gasteiger charge is 2.17. The fourth-order valence-corrected chi connectivity index (χ4v) is 3.37. The average Bonchev–Trinajstić information content (AvgIpc) is 3.47. The van der Waals surface area contributed by atoms with Crippen LogP contribution >= 0.6 is 11.3 Å². The minimum atomic E-state index is -0.169. The third-order valence-corrected chi connectivity index (χ3v) is 5.13. The minimum Gasteiger partial charge on any atom is -0.347 e. The van der Waals surface area contributed by atoms with Crippen LogP contribution in [-0.2, 0) is 13.0 Å². The van der Waals surface area contributed by atoms with Crippen molar-refractivity contribution in [2.24, 2.45) is 0 Å². The van der Waals surface area contributed by atoms with Crippen LogP contribution in [0.1, 0.15) is 33.7 Å². The first kappa shape index (κ1) is 18.1. The number of nitrogens with one attached hydrogen (secondary N) is 1. The molecule has 4 aromatic rings. The van der Waals surface area contributed by atoms with Crippen LogP contribution in [-0.4, -0.2) is 30.8 Å². The van der Waals surface area contributed by atoms with Gasteiger partial charge in [0.25, 0.3) is 11.8 Å². The number of amides is 1. The first-order chi connectivity index (χ1) is 13.7. The van der Waals surface area contributed by atoms with Crippen molar-refractivity contribution in [2.75, 3.05) is 0 Å². The predicted molar refractivity (Wildman–Crippen MR) is 104 cm³/mol. The molecule has 1 N–H and O–H groups in total. The maximum absolute atomic E-state index is 12.5. The lowest BCUT2D eigenvalue weighted by atomic mass is 10.2. The number of hydrogen-bond acceptors (Lipinski definition) is 7. The van der Waals surface area contributed by atoms with E-state index in [9.17, 15) is 4.79 Å². The number of hydrogen-bond donors (Lipinski definition) is 1. The molecular formula is C19H18N6O2S. The van der Waals surface area contributed by atoms with Crippen molar-refractivity contribution >= 4 is 17.2 Å². The molecule has 0 aromatic carbocycles. The van der Waals surface area contributed by atoms with E-state index in [1.54, 1.807) is 40.5 Å². The summed E-state index contributed by atoms with van der Waals surface area (Å²) in [6, 6.07) is 7.54. The largest absolute Gasteiger partial charge is 0.347 e. The molecule has 4 rings (SSSR count). The van der Waals surface area contributed by atoms with E-state index in [1.165, 1.54) is 0 Å². The van der Waals surface area contributed by atoms with Crippen molar-refractivity contribution in [3.63, 3.8) is 0 Å². The van der Waals surface area contributed by atoms with Crippen LogP contribution in [0, 0.1) is 6.92 Å². The van der Waals surface area contributed by atoms with E-state index in [4.69, 9.17) is 4.52 Å². The summed E-state index contributed by atoms with van der Waals surface area (Å²) in [4.78, 5) is 22.3. The molecule has 0 radical (unpaired) electrons. The zero-order chi connectivity index (χ0) is 19.5. The third kappa shape index (κ3) is 3.56. The Balaban J connectivity index is 1.56. The maximum Gasteiger partial charge on any atom is 0.258 e. The fraction of sp³-hybridized carbons (Fsp3) is 0.211. The summed E-state index contributed by atoms with van der Waals surface area (Å²) < 4.78 is 6.92. The molecular weight excluding hydrogens is 376 g/mol. The molecule has 4 heterocycles. The van der Waals surface area contributed by atoms with Crippen LogP contribution in [0.25, 0.3) is 17.3 Å². The van der Waals surface area contributed by atoms with E-state index < -0.39 is 0 Å². The minimum absolute atomic E-state index is 0.169. The van der Waals surface area contributed by atoms with E-state index >= 15 is 0 Å². The monoisotopic (exact) mass is 394 g/mol. The number of thiophene rings is 1. The molecule has 0 saturated carbocycles. The first-order valence-corrected chi connectivity index (χ1v) is 9.68. The number of pyridine rings is 1. The van der Waals surface area contributed by atoms with Crippen molar-refractivity contribution in [1.82, 2.24) is 30.2 Å². The Labute approximate surface area is 165 Å². The van der Waals surface area contributed by atoms with Crippen molar-refractivity contribution in [3.05, 3.63) is 64.0 Å². The maximum atomic E-state index is 12.5. The van der Waals surface area contributed by atoms with Gasteiger partial charge in [-0.05, 0) is 30.5 Å². The van der Waals surface area contributed by atoms with Gasteiger partial charge in [0.05, 0.1) is 24.0 Å². The summed E-state index contributed by atoms with van der Waals surface area (Å²) in [5, 5.41) is 13.2. The lowest BCUT2D eigenvalue weighted by Crippen LogP contribution is -2.22. The Bertz CT molecular complexity index is 1100. The van der Waals surface area contributed by atoms with Gasteiger partial charge in [0, 0.05) is 23.1 Å². The molecule has 28 heavy (non-hydrogen) atoms. The van der Waals surface area contributed by atoms with E-state index in [1.807, 2.05) is 31.4 Å². The van der Waals surface area contributed by atoms with Gasteiger partial charge in [0.15, 0.2) is 11.6 Å². The molecule has 142 valence electrons. The summed E-state index contributed by atoms with van der Waals surface area (Å²) in [5.41, 5.74) is 1.96. The SMILES string of the molecule is CCc1noc(-c2ccnc(-n3ncc(C(=O)NCc4cccs4)c3C)c2)n1. The van der Waals surface area contributed by atoms with Crippen molar-refractivity contribution in [1.29, 1.82) is 0 Å². The molecule has 0 aliphatic heterocycles. The average molecular weight is 394 g/mol.